The quantitative estimate of drug-likeness (QED) is 0.895. The molecule has 0 aliphatic heterocycles. The van der Waals surface area contributed by atoms with Crippen LogP contribution in [0.4, 0.5) is 0 Å². The maximum atomic E-state index is 9.31. The standard InChI is InChI=1S/C16H19NO2/c1-12-7-15(10-17-9-12)11-19-16-5-3-14(4-6-16)8-13(2)18/h3-7,9-10,13,18H,8,11H2,1-2H3. The summed E-state index contributed by atoms with van der Waals surface area (Å²) in [4.78, 5) is 4.14. The van der Waals surface area contributed by atoms with Crippen molar-refractivity contribution in [2.75, 3.05) is 0 Å². The Morgan fingerprint density at radius 2 is 1.89 bits per heavy atom. The second-order valence-corrected chi connectivity index (χ2v) is 4.86. The van der Waals surface area contributed by atoms with E-state index in [1.54, 1.807) is 6.92 Å². The van der Waals surface area contributed by atoms with Gasteiger partial charge in [0, 0.05) is 18.0 Å². The molecular weight excluding hydrogens is 238 g/mol. The van der Waals surface area contributed by atoms with Crippen LogP contribution in [0.1, 0.15) is 23.6 Å². The van der Waals surface area contributed by atoms with Crippen molar-refractivity contribution in [1.82, 2.24) is 4.98 Å². The number of hydrogen-bond acceptors (Lipinski definition) is 3. The molecule has 0 saturated carbocycles. The molecule has 3 nitrogen and oxygen atoms in total. The normalized spacial score (nSPS) is 12.2. The van der Waals surface area contributed by atoms with E-state index in [-0.39, 0.29) is 6.10 Å². The van der Waals surface area contributed by atoms with E-state index in [1.165, 1.54) is 0 Å². The van der Waals surface area contributed by atoms with Gasteiger partial charge in [-0.1, -0.05) is 12.1 Å². The third-order valence-corrected chi connectivity index (χ3v) is 2.79. The van der Waals surface area contributed by atoms with Crippen molar-refractivity contribution >= 4 is 0 Å². The first-order valence-electron chi connectivity index (χ1n) is 6.44. The average molecular weight is 257 g/mol. The SMILES string of the molecule is Cc1cncc(COc2ccc(CC(C)O)cc2)c1. The van der Waals surface area contributed by atoms with Crippen molar-refractivity contribution in [3.8, 4) is 5.75 Å². The molecule has 2 aromatic rings. The lowest BCUT2D eigenvalue weighted by Crippen LogP contribution is -2.04. The zero-order chi connectivity index (χ0) is 13.7. The predicted octanol–water partition coefficient (Wildman–Crippen LogP) is 2.89. The Morgan fingerprint density at radius 1 is 1.16 bits per heavy atom. The van der Waals surface area contributed by atoms with E-state index in [1.807, 2.05) is 43.6 Å². The maximum absolute atomic E-state index is 9.31. The average Bonchev–Trinajstić information content (AvgIpc) is 2.37. The molecule has 1 atom stereocenters. The Kier molecular flexibility index (Phi) is 4.53. The van der Waals surface area contributed by atoms with Crippen LogP contribution in [0.2, 0.25) is 0 Å². The number of aliphatic hydroxyl groups is 1. The summed E-state index contributed by atoms with van der Waals surface area (Å²) in [7, 11) is 0. The summed E-state index contributed by atoms with van der Waals surface area (Å²) >= 11 is 0. The maximum Gasteiger partial charge on any atom is 0.119 e. The lowest BCUT2D eigenvalue weighted by atomic mass is 10.1. The number of ether oxygens (including phenoxy) is 1. The molecule has 0 bridgehead atoms. The molecule has 100 valence electrons. The van der Waals surface area contributed by atoms with Gasteiger partial charge in [-0.25, -0.2) is 0 Å². The number of aromatic nitrogens is 1. The summed E-state index contributed by atoms with van der Waals surface area (Å²) in [5, 5.41) is 9.31. The summed E-state index contributed by atoms with van der Waals surface area (Å²) in [6, 6.07) is 9.89. The first kappa shape index (κ1) is 13.6. The predicted molar refractivity (Wildman–Crippen MR) is 75.1 cm³/mol. The number of hydrogen-bond donors (Lipinski definition) is 1. The topological polar surface area (TPSA) is 42.4 Å². The van der Waals surface area contributed by atoms with Crippen LogP contribution in [0.15, 0.2) is 42.7 Å². The number of nitrogens with zero attached hydrogens (tertiary/aromatic N) is 1. The van der Waals surface area contributed by atoms with Gasteiger partial charge in [0.15, 0.2) is 0 Å². The summed E-state index contributed by atoms with van der Waals surface area (Å²) in [5.74, 6) is 0.829. The minimum Gasteiger partial charge on any atom is -0.489 e. The smallest absolute Gasteiger partial charge is 0.119 e. The molecule has 1 aromatic carbocycles. The van der Waals surface area contributed by atoms with Gasteiger partial charge < -0.3 is 9.84 Å². The summed E-state index contributed by atoms with van der Waals surface area (Å²) in [6.45, 7) is 4.32. The van der Waals surface area contributed by atoms with Crippen LogP contribution in [0.3, 0.4) is 0 Å². The first-order chi connectivity index (χ1) is 9.13. The van der Waals surface area contributed by atoms with Gasteiger partial charge in [0.1, 0.15) is 12.4 Å². The van der Waals surface area contributed by atoms with Gasteiger partial charge in [0.2, 0.25) is 0 Å². The fourth-order valence-electron chi connectivity index (χ4n) is 1.93. The van der Waals surface area contributed by atoms with E-state index in [9.17, 15) is 5.11 Å². The number of pyridine rings is 1. The van der Waals surface area contributed by atoms with Gasteiger partial charge in [-0.15, -0.1) is 0 Å². The van der Waals surface area contributed by atoms with Crippen molar-refractivity contribution < 1.29 is 9.84 Å². The summed E-state index contributed by atoms with van der Waals surface area (Å²) in [6.07, 6.45) is 4.00. The lowest BCUT2D eigenvalue weighted by molar-refractivity contribution is 0.195. The van der Waals surface area contributed by atoms with Crippen molar-refractivity contribution in [1.29, 1.82) is 0 Å². The molecule has 19 heavy (non-hydrogen) atoms. The molecular formula is C16H19NO2. The number of aliphatic hydroxyl groups excluding tert-OH is 1. The fourth-order valence-corrected chi connectivity index (χ4v) is 1.93. The molecule has 0 amide bonds. The van der Waals surface area contributed by atoms with Crippen LogP contribution in [-0.4, -0.2) is 16.2 Å². The van der Waals surface area contributed by atoms with E-state index in [2.05, 4.69) is 11.1 Å². The van der Waals surface area contributed by atoms with Crippen LogP contribution < -0.4 is 4.74 Å². The molecule has 1 aromatic heterocycles. The molecule has 0 radical (unpaired) electrons. The van der Waals surface area contributed by atoms with E-state index < -0.39 is 0 Å². The minimum atomic E-state index is -0.315. The first-order valence-corrected chi connectivity index (χ1v) is 6.44. The monoisotopic (exact) mass is 257 g/mol. The third kappa shape index (κ3) is 4.38. The van der Waals surface area contributed by atoms with Gasteiger partial charge in [0.05, 0.1) is 6.10 Å². The van der Waals surface area contributed by atoms with Crippen molar-refractivity contribution in [2.45, 2.75) is 33.0 Å². The molecule has 1 unspecified atom stereocenters. The number of aryl methyl sites for hydroxylation is 1. The molecule has 0 aliphatic rings. The van der Waals surface area contributed by atoms with Gasteiger partial charge in [-0.05, 0) is 49.6 Å². The number of benzene rings is 1. The van der Waals surface area contributed by atoms with Crippen LogP contribution in [0.5, 0.6) is 5.75 Å². The van der Waals surface area contributed by atoms with Gasteiger partial charge in [-0.3, -0.25) is 4.98 Å². The third-order valence-electron chi connectivity index (χ3n) is 2.79. The Bertz CT molecular complexity index is 521. The van der Waals surface area contributed by atoms with E-state index in [0.717, 1.165) is 22.4 Å². The molecule has 0 fully saturated rings. The van der Waals surface area contributed by atoms with E-state index in [4.69, 9.17) is 4.74 Å². The zero-order valence-electron chi connectivity index (χ0n) is 11.3. The van der Waals surface area contributed by atoms with Gasteiger partial charge >= 0.3 is 0 Å². The van der Waals surface area contributed by atoms with E-state index >= 15 is 0 Å². The Labute approximate surface area is 113 Å². The molecule has 1 heterocycles. The molecule has 0 spiro atoms. The molecule has 0 aliphatic carbocycles. The van der Waals surface area contributed by atoms with Crippen LogP contribution >= 0.6 is 0 Å². The Balaban J connectivity index is 1.93. The highest BCUT2D eigenvalue weighted by Crippen LogP contribution is 2.15. The highest BCUT2D eigenvalue weighted by molar-refractivity contribution is 5.28. The second-order valence-electron chi connectivity index (χ2n) is 4.86. The largest absolute Gasteiger partial charge is 0.489 e. The molecule has 1 N–H and O–H groups in total. The van der Waals surface area contributed by atoms with E-state index in [0.29, 0.717) is 13.0 Å². The zero-order valence-corrected chi connectivity index (χ0v) is 11.3. The van der Waals surface area contributed by atoms with Gasteiger partial charge in [0.25, 0.3) is 0 Å². The summed E-state index contributed by atoms with van der Waals surface area (Å²) in [5.41, 5.74) is 3.31. The highest BCUT2D eigenvalue weighted by atomic mass is 16.5. The highest BCUT2D eigenvalue weighted by Gasteiger charge is 2.00. The molecule has 3 heteroatoms. The van der Waals surface area contributed by atoms with Gasteiger partial charge in [-0.2, -0.15) is 0 Å². The van der Waals surface area contributed by atoms with Crippen LogP contribution in [-0.2, 0) is 13.0 Å². The van der Waals surface area contributed by atoms with Crippen molar-refractivity contribution in [3.63, 3.8) is 0 Å². The van der Waals surface area contributed by atoms with Crippen LogP contribution in [0.25, 0.3) is 0 Å². The lowest BCUT2D eigenvalue weighted by Gasteiger charge is -2.08. The Hall–Kier alpha value is -1.87. The molecule has 0 saturated heterocycles. The van der Waals surface area contributed by atoms with Crippen molar-refractivity contribution in [2.24, 2.45) is 0 Å². The fraction of sp³-hybridized carbons (Fsp3) is 0.312. The Morgan fingerprint density at radius 3 is 2.53 bits per heavy atom. The number of rotatable bonds is 5. The molecule has 2 rings (SSSR count). The summed E-state index contributed by atoms with van der Waals surface area (Å²) < 4.78 is 5.70. The second kappa shape index (κ2) is 6.34. The minimum absolute atomic E-state index is 0.315. The van der Waals surface area contributed by atoms with Crippen molar-refractivity contribution in [3.05, 3.63) is 59.4 Å². The van der Waals surface area contributed by atoms with Crippen LogP contribution in [0, 0.1) is 6.92 Å².